The van der Waals surface area contributed by atoms with E-state index >= 15 is 0 Å². The number of aliphatic hydroxyl groups excluding tert-OH is 1. The van der Waals surface area contributed by atoms with E-state index in [9.17, 15) is 5.11 Å². The van der Waals surface area contributed by atoms with E-state index < -0.39 is 0 Å². The standard InChI is InChI=1S/C26H44N2O/c1-16(27-6)21-17(29)14-24(5)19-9-8-18-22(2,3)20(28-7)10-11-25(18)15-26(19,25)13-12-23(21,24)4/h12-13,16-21,27-29H,8-11,14-15H2,1-7H3/t16-,17-,18+,19+,20-,21+,23-,24+,25-,26+/m1/s1. The molecule has 5 aliphatic rings. The maximum absolute atomic E-state index is 11.2. The SMILES string of the molecule is CN[C@H](C)[C@H]1[C@H](O)C[C@@]2(C)[C@@H]3CC[C@H]4C(C)(C)[C@H](NC)CC[C@@]45C[C@@]35C=C[C@]12C. The van der Waals surface area contributed by atoms with Gasteiger partial charge in [-0.1, -0.05) is 39.8 Å². The Morgan fingerprint density at radius 3 is 2.34 bits per heavy atom. The molecule has 0 unspecified atom stereocenters. The van der Waals surface area contributed by atoms with Crippen molar-refractivity contribution in [2.75, 3.05) is 14.1 Å². The van der Waals surface area contributed by atoms with Crippen LogP contribution >= 0.6 is 0 Å². The minimum absolute atomic E-state index is 0.0824. The molecule has 3 heteroatoms. The van der Waals surface area contributed by atoms with Crippen LogP contribution in [0.15, 0.2) is 12.2 Å². The van der Waals surface area contributed by atoms with Crippen LogP contribution in [0.3, 0.4) is 0 Å². The van der Waals surface area contributed by atoms with Crippen LogP contribution in [-0.4, -0.2) is 37.4 Å². The third-order valence-corrected chi connectivity index (χ3v) is 11.9. The van der Waals surface area contributed by atoms with Crippen LogP contribution in [0.4, 0.5) is 0 Å². The first kappa shape index (κ1) is 20.5. The highest BCUT2D eigenvalue weighted by Crippen LogP contribution is 2.87. The number of allylic oxidation sites excluding steroid dienone is 2. The molecule has 0 aromatic carbocycles. The Morgan fingerprint density at radius 2 is 1.69 bits per heavy atom. The first-order valence-electron chi connectivity index (χ1n) is 12.3. The maximum atomic E-state index is 11.2. The monoisotopic (exact) mass is 400 g/mol. The molecule has 0 heterocycles. The third-order valence-electron chi connectivity index (χ3n) is 11.9. The zero-order valence-electron chi connectivity index (χ0n) is 19.8. The summed E-state index contributed by atoms with van der Waals surface area (Å²) in [5, 5.41) is 18.4. The van der Waals surface area contributed by atoms with Crippen molar-refractivity contribution in [1.82, 2.24) is 10.6 Å². The quantitative estimate of drug-likeness (QED) is 0.617. The molecule has 4 fully saturated rings. The molecule has 0 aromatic heterocycles. The molecule has 0 bridgehead atoms. The molecule has 0 aromatic rings. The molecule has 5 aliphatic carbocycles. The van der Waals surface area contributed by atoms with Crippen LogP contribution < -0.4 is 10.6 Å². The fourth-order valence-electron chi connectivity index (χ4n) is 10.3. The van der Waals surface area contributed by atoms with Crippen molar-refractivity contribution in [3.63, 3.8) is 0 Å². The Bertz CT molecular complexity index is 732. The lowest BCUT2D eigenvalue weighted by Gasteiger charge is -2.61. The second kappa shape index (κ2) is 5.90. The number of rotatable bonds is 3. The van der Waals surface area contributed by atoms with E-state index in [-0.39, 0.29) is 16.9 Å². The second-order valence-corrected chi connectivity index (χ2v) is 12.7. The van der Waals surface area contributed by atoms with Gasteiger partial charge in [0.1, 0.15) is 0 Å². The van der Waals surface area contributed by atoms with Crippen LogP contribution in [0.1, 0.15) is 73.1 Å². The zero-order chi connectivity index (χ0) is 21.0. The molecule has 4 saturated carbocycles. The highest BCUT2D eigenvalue weighted by molar-refractivity contribution is 5.39. The molecule has 0 saturated heterocycles. The lowest BCUT2D eigenvalue weighted by Crippen LogP contribution is -2.58. The van der Waals surface area contributed by atoms with E-state index in [1.54, 1.807) is 0 Å². The largest absolute Gasteiger partial charge is 0.393 e. The van der Waals surface area contributed by atoms with Gasteiger partial charge in [-0.3, -0.25) is 0 Å². The minimum Gasteiger partial charge on any atom is -0.393 e. The van der Waals surface area contributed by atoms with Gasteiger partial charge in [0.15, 0.2) is 0 Å². The predicted molar refractivity (Wildman–Crippen MR) is 120 cm³/mol. The van der Waals surface area contributed by atoms with Gasteiger partial charge >= 0.3 is 0 Å². The maximum Gasteiger partial charge on any atom is 0.0597 e. The van der Waals surface area contributed by atoms with Crippen molar-refractivity contribution >= 4 is 0 Å². The second-order valence-electron chi connectivity index (χ2n) is 12.7. The molecular formula is C26H44N2O. The number of aliphatic hydroxyl groups is 1. The summed E-state index contributed by atoms with van der Waals surface area (Å²) in [4.78, 5) is 0. The molecule has 29 heavy (non-hydrogen) atoms. The molecule has 3 N–H and O–H groups in total. The molecule has 5 rings (SSSR count). The highest BCUT2D eigenvalue weighted by atomic mass is 16.3. The van der Waals surface area contributed by atoms with Gasteiger partial charge in [-0.25, -0.2) is 0 Å². The normalized spacial score (nSPS) is 58.0. The molecule has 164 valence electrons. The Hall–Kier alpha value is -0.380. The highest BCUT2D eigenvalue weighted by Gasteiger charge is 2.81. The van der Waals surface area contributed by atoms with E-state index in [1.165, 1.54) is 32.1 Å². The average molecular weight is 401 g/mol. The summed E-state index contributed by atoms with van der Waals surface area (Å²) in [5.41, 5.74) is 1.58. The predicted octanol–water partition coefficient (Wildman–Crippen LogP) is 4.37. The topological polar surface area (TPSA) is 44.3 Å². The van der Waals surface area contributed by atoms with Crippen LogP contribution in [0.25, 0.3) is 0 Å². The first-order valence-corrected chi connectivity index (χ1v) is 12.3. The van der Waals surface area contributed by atoms with Crippen molar-refractivity contribution in [1.29, 1.82) is 0 Å². The van der Waals surface area contributed by atoms with Gasteiger partial charge in [0.25, 0.3) is 0 Å². The lowest BCUT2D eigenvalue weighted by molar-refractivity contribution is -0.0896. The molecule has 0 radical (unpaired) electrons. The van der Waals surface area contributed by atoms with Crippen molar-refractivity contribution in [3.05, 3.63) is 12.2 Å². The van der Waals surface area contributed by atoms with Crippen LogP contribution in [0.5, 0.6) is 0 Å². The van der Waals surface area contributed by atoms with E-state index in [4.69, 9.17) is 0 Å². The minimum atomic E-state index is -0.198. The third kappa shape index (κ3) is 2.11. The number of nitrogens with one attached hydrogen (secondary N) is 2. The van der Waals surface area contributed by atoms with Gasteiger partial charge in [-0.2, -0.15) is 0 Å². The number of fused-ring (bicyclic) bond motifs is 2. The Kier molecular flexibility index (Phi) is 4.17. The summed E-state index contributed by atoms with van der Waals surface area (Å²) in [6.07, 6.45) is 12.9. The summed E-state index contributed by atoms with van der Waals surface area (Å²) in [7, 11) is 4.21. The first-order chi connectivity index (χ1) is 13.5. The van der Waals surface area contributed by atoms with Gasteiger partial charge in [-0.15, -0.1) is 0 Å². The molecule has 0 aliphatic heterocycles. The van der Waals surface area contributed by atoms with Crippen LogP contribution in [-0.2, 0) is 0 Å². The van der Waals surface area contributed by atoms with Crippen molar-refractivity contribution in [3.8, 4) is 0 Å². The lowest BCUT2D eigenvalue weighted by atomic mass is 9.44. The summed E-state index contributed by atoms with van der Waals surface area (Å²) < 4.78 is 0. The number of hydrogen-bond acceptors (Lipinski definition) is 3. The van der Waals surface area contributed by atoms with E-state index in [1.807, 2.05) is 7.05 Å². The fraction of sp³-hybridized carbons (Fsp3) is 0.923. The van der Waals surface area contributed by atoms with Gasteiger partial charge in [-0.05, 0) is 98.5 Å². The molecule has 10 atom stereocenters. The van der Waals surface area contributed by atoms with E-state index in [0.717, 1.165) is 18.3 Å². The van der Waals surface area contributed by atoms with E-state index in [0.29, 0.717) is 34.2 Å². The summed E-state index contributed by atoms with van der Waals surface area (Å²) in [6, 6.07) is 0.986. The summed E-state index contributed by atoms with van der Waals surface area (Å²) in [5.74, 6) is 1.86. The van der Waals surface area contributed by atoms with Gasteiger partial charge in [0.2, 0.25) is 0 Å². The zero-order valence-corrected chi connectivity index (χ0v) is 19.8. The van der Waals surface area contributed by atoms with Crippen molar-refractivity contribution in [2.45, 2.75) is 91.3 Å². The van der Waals surface area contributed by atoms with Gasteiger partial charge in [0.05, 0.1) is 6.10 Å². The van der Waals surface area contributed by atoms with E-state index in [2.05, 4.69) is 64.5 Å². The van der Waals surface area contributed by atoms with Crippen molar-refractivity contribution in [2.24, 2.45) is 44.8 Å². The van der Waals surface area contributed by atoms with Gasteiger partial charge in [0, 0.05) is 18.0 Å². The van der Waals surface area contributed by atoms with Crippen LogP contribution in [0, 0.1) is 44.8 Å². The smallest absolute Gasteiger partial charge is 0.0597 e. The molecular weight excluding hydrogens is 356 g/mol. The number of hydrogen-bond donors (Lipinski definition) is 3. The average Bonchev–Trinajstić information content (AvgIpc) is 3.26. The Labute approximate surface area is 178 Å². The summed E-state index contributed by atoms with van der Waals surface area (Å²) >= 11 is 0. The van der Waals surface area contributed by atoms with Gasteiger partial charge < -0.3 is 15.7 Å². The molecule has 2 spiro atoms. The Balaban J connectivity index is 1.57. The van der Waals surface area contributed by atoms with Crippen LogP contribution in [0.2, 0.25) is 0 Å². The molecule has 3 nitrogen and oxygen atoms in total. The summed E-state index contributed by atoms with van der Waals surface area (Å²) in [6.45, 7) is 12.3. The fourth-order valence-corrected chi connectivity index (χ4v) is 10.3. The van der Waals surface area contributed by atoms with Crippen molar-refractivity contribution < 1.29 is 5.11 Å². The molecule has 0 amide bonds. The Morgan fingerprint density at radius 1 is 1.00 bits per heavy atom.